The van der Waals surface area contributed by atoms with Crippen LogP contribution in [0.25, 0.3) is 67.1 Å². The van der Waals surface area contributed by atoms with E-state index in [4.69, 9.17) is 24.9 Å². The minimum absolute atomic E-state index is 0.0231. The Labute approximate surface area is 395 Å². The molecule has 70 heavy (non-hydrogen) atoms. The average Bonchev–Trinajstić information content (AvgIpc) is 3.35. The summed E-state index contributed by atoms with van der Waals surface area (Å²) < 4.78 is 126. The monoisotopic (exact) mass is 952 g/mol. The lowest BCUT2D eigenvalue weighted by Crippen LogP contribution is -2.08. The van der Waals surface area contributed by atoms with Gasteiger partial charge in [0.15, 0.2) is 0 Å². The largest absolute Gasteiger partial charge is 0.416 e. The van der Waals surface area contributed by atoms with E-state index in [1.165, 1.54) is 18.2 Å². The highest BCUT2D eigenvalue weighted by atomic mass is 19.4. The molecule has 9 aromatic rings. The van der Waals surface area contributed by atoms with Crippen molar-refractivity contribution >= 4 is 45.9 Å². The minimum Gasteiger partial charge on any atom is -0.262 e. The van der Waals surface area contributed by atoms with Crippen molar-refractivity contribution in [3.05, 3.63) is 204 Å². The van der Waals surface area contributed by atoms with E-state index in [1.54, 1.807) is 115 Å². The lowest BCUT2D eigenvalue weighted by atomic mass is 9.93. The molecule has 0 radical (unpaired) electrons. The van der Waals surface area contributed by atoms with E-state index in [0.717, 1.165) is 36.4 Å². The molecule has 0 aliphatic carbocycles. The fourth-order valence-electron chi connectivity index (χ4n) is 7.62. The Morgan fingerprint density at radius 1 is 0.457 bits per heavy atom. The average molecular weight is 953 g/mol. The van der Waals surface area contributed by atoms with E-state index in [-0.39, 0.29) is 62.6 Å². The van der Waals surface area contributed by atoms with E-state index in [0.29, 0.717) is 39.1 Å². The van der Waals surface area contributed by atoms with Gasteiger partial charge in [0.1, 0.15) is 0 Å². The molecule has 0 aliphatic rings. The summed E-state index contributed by atoms with van der Waals surface area (Å²) in [5.74, 6) is 0. The highest BCUT2D eigenvalue weighted by molar-refractivity contribution is 6.04. The molecule has 6 nitrogen and oxygen atoms in total. The predicted octanol–water partition coefficient (Wildman–Crippen LogP) is 16.2. The molecule has 15 heteroatoms. The van der Waals surface area contributed by atoms with Crippen molar-refractivity contribution in [3.63, 3.8) is 0 Å². The molecule has 0 unspecified atom stereocenters. The Bertz CT molecular complexity index is 3250. The summed E-state index contributed by atoms with van der Waals surface area (Å²) in [6.07, 6.45) is -12.3. The topological polar surface area (TPSA) is 76.3 Å². The third kappa shape index (κ3) is 10.7. The first kappa shape index (κ1) is 48.1. The molecule has 0 saturated heterocycles. The standard InChI is InChI=1S/C52H31F9N6.C3H6/c1-62-39-20-17-36(50(53,54)55)27-43(39)63-42(31-11-5-2-6-12-31)25-30-23-34(48-46(32-13-7-3-8-14-32)66-44-28-37(51(56,57)58)18-21-40(44)64-48)26-35(24-30)49-47(33-15-9-4-10-16-33)67-45-29-38(52(59,60)61)19-22-41(45)65-49;1-3-2/h2-24,26-29H,1,25H2;3H,1H2,2H3. The van der Waals surface area contributed by atoms with Crippen LogP contribution in [0.4, 0.5) is 50.9 Å². The lowest BCUT2D eigenvalue weighted by molar-refractivity contribution is -0.138. The second kappa shape index (κ2) is 19.7. The zero-order valence-corrected chi connectivity index (χ0v) is 36.9. The van der Waals surface area contributed by atoms with Gasteiger partial charge < -0.3 is 0 Å². The maximum absolute atomic E-state index is 14.1. The highest BCUT2D eigenvalue weighted by Crippen LogP contribution is 2.41. The van der Waals surface area contributed by atoms with Crippen LogP contribution in [0.5, 0.6) is 0 Å². The molecule has 0 amide bonds. The van der Waals surface area contributed by atoms with E-state index in [1.807, 2.05) is 6.92 Å². The Balaban J connectivity index is 0.00000214. The number of nitrogens with zero attached hydrogens (tertiary/aromatic N) is 6. The number of aromatic nitrogens is 4. The zero-order valence-electron chi connectivity index (χ0n) is 36.9. The van der Waals surface area contributed by atoms with E-state index in [9.17, 15) is 39.5 Å². The Hall–Kier alpha value is -8.33. The molecule has 0 fully saturated rings. The molecule has 0 N–H and O–H groups in total. The molecule has 9 rings (SSSR count). The van der Waals surface area contributed by atoms with E-state index >= 15 is 0 Å². The van der Waals surface area contributed by atoms with Gasteiger partial charge in [-0.2, -0.15) is 39.5 Å². The SMILES string of the molecule is C=CC.C=Nc1ccc(C(F)(F)F)cc1N=C(Cc1cc(-c2nc3ccc(C(F)(F)F)cc3nc2-c2ccccc2)cc(-c2nc3ccc(C(F)(F)F)cc3nc2-c2ccccc2)c1)c1ccccc1. The smallest absolute Gasteiger partial charge is 0.262 e. The van der Waals surface area contributed by atoms with E-state index < -0.39 is 35.2 Å². The van der Waals surface area contributed by atoms with Crippen molar-refractivity contribution in [1.29, 1.82) is 0 Å². The summed E-state index contributed by atoms with van der Waals surface area (Å²) in [6, 6.07) is 40.5. The second-order valence-corrected chi connectivity index (χ2v) is 15.8. The van der Waals surface area contributed by atoms with Crippen LogP contribution in [0.1, 0.15) is 34.7 Å². The first-order valence-electron chi connectivity index (χ1n) is 21.3. The van der Waals surface area contributed by atoms with Gasteiger partial charge in [-0.1, -0.05) is 97.1 Å². The molecule has 0 aliphatic heterocycles. The Morgan fingerprint density at radius 3 is 1.27 bits per heavy atom. The molecule has 2 aromatic heterocycles. The van der Waals surface area contributed by atoms with Gasteiger partial charge in [0.25, 0.3) is 0 Å². The first-order valence-corrected chi connectivity index (χ1v) is 21.3. The fourth-order valence-corrected chi connectivity index (χ4v) is 7.62. The van der Waals surface area contributed by atoms with Crippen LogP contribution in [0.3, 0.4) is 0 Å². The van der Waals surface area contributed by atoms with Crippen molar-refractivity contribution in [2.75, 3.05) is 0 Å². The first-order chi connectivity index (χ1) is 33.4. The zero-order chi connectivity index (χ0) is 49.8. The maximum Gasteiger partial charge on any atom is 0.416 e. The van der Waals surface area contributed by atoms with Crippen LogP contribution in [-0.2, 0) is 24.9 Å². The Kier molecular flexibility index (Phi) is 13.6. The molecule has 0 atom stereocenters. The molecule has 7 aromatic carbocycles. The number of benzene rings is 7. The highest BCUT2D eigenvalue weighted by Gasteiger charge is 2.33. The van der Waals surface area contributed by atoms with Gasteiger partial charge in [-0.05, 0) is 97.6 Å². The summed E-state index contributed by atoms with van der Waals surface area (Å²) in [6.45, 7) is 8.79. The van der Waals surface area contributed by atoms with Crippen LogP contribution < -0.4 is 0 Å². The number of fused-ring (bicyclic) bond motifs is 2. The molecular weight excluding hydrogens is 916 g/mol. The van der Waals surface area contributed by atoms with Crippen LogP contribution in [0.2, 0.25) is 0 Å². The van der Waals surface area contributed by atoms with Crippen LogP contribution in [0, 0.1) is 0 Å². The molecular formula is C55H37F9N6. The van der Waals surface area contributed by atoms with Crippen molar-refractivity contribution in [1.82, 2.24) is 19.9 Å². The van der Waals surface area contributed by atoms with Gasteiger partial charge in [0.2, 0.25) is 0 Å². The number of hydrogen-bond acceptors (Lipinski definition) is 6. The van der Waals surface area contributed by atoms with Crippen LogP contribution >= 0.6 is 0 Å². The minimum atomic E-state index is -4.70. The summed E-state index contributed by atoms with van der Waals surface area (Å²) in [5.41, 5.74) is 1.61. The summed E-state index contributed by atoms with van der Waals surface area (Å²) in [5, 5.41) is 0. The van der Waals surface area contributed by atoms with Gasteiger partial charge in [0, 0.05) is 28.7 Å². The summed E-state index contributed by atoms with van der Waals surface area (Å²) in [7, 11) is 0. The van der Waals surface area contributed by atoms with Crippen LogP contribution in [0.15, 0.2) is 186 Å². The number of alkyl halides is 9. The molecule has 0 bridgehead atoms. The van der Waals surface area contributed by atoms with Crippen molar-refractivity contribution in [3.8, 4) is 45.0 Å². The maximum atomic E-state index is 14.1. The molecule has 0 spiro atoms. The number of halogens is 9. The van der Waals surface area contributed by atoms with Gasteiger partial charge in [-0.25, -0.2) is 19.9 Å². The molecule has 0 saturated carbocycles. The normalized spacial score (nSPS) is 12.1. The summed E-state index contributed by atoms with van der Waals surface area (Å²) in [4.78, 5) is 28.1. The van der Waals surface area contributed by atoms with Crippen LogP contribution in [-0.4, -0.2) is 32.4 Å². The van der Waals surface area contributed by atoms with Crippen molar-refractivity contribution in [2.24, 2.45) is 9.98 Å². The van der Waals surface area contributed by atoms with Gasteiger partial charge >= 0.3 is 18.5 Å². The van der Waals surface area contributed by atoms with Gasteiger partial charge in [-0.15, -0.1) is 6.58 Å². The second-order valence-electron chi connectivity index (χ2n) is 15.8. The molecule has 350 valence electrons. The van der Waals surface area contributed by atoms with Crippen molar-refractivity contribution < 1.29 is 39.5 Å². The number of allylic oxidation sites excluding steroid dienone is 1. The third-order valence-corrected chi connectivity index (χ3v) is 10.8. The van der Waals surface area contributed by atoms with Crippen molar-refractivity contribution in [2.45, 2.75) is 31.9 Å². The van der Waals surface area contributed by atoms with E-state index in [2.05, 4.69) is 18.3 Å². The predicted molar refractivity (Wildman–Crippen MR) is 257 cm³/mol. The quantitative estimate of drug-likeness (QED) is 0.0820. The summed E-state index contributed by atoms with van der Waals surface area (Å²) >= 11 is 0. The third-order valence-electron chi connectivity index (χ3n) is 10.8. The lowest BCUT2D eigenvalue weighted by Gasteiger charge is -2.17. The van der Waals surface area contributed by atoms with Gasteiger partial charge in [0.05, 0.1) is 78.6 Å². The number of rotatable bonds is 9. The number of hydrogen-bond donors (Lipinski definition) is 0. The molecule has 2 heterocycles. The number of aliphatic imine (C=N–C) groups is 2. The fraction of sp³-hybridized carbons (Fsp3) is 0.0909. The van der Waals surface area contributed by atoms with Gasteiger partial charge in [-0.3, -0.25) is 9.98 Å². The Morgan fingerprint density at radius 2 is 0.843 bits per heavy atom.